The largest absolute Gasteiger partial charge is 0.321 e. The quantitative estimate of drug-likeness (QED) is 0.183. The van der Waals surface area contributed by atoms with Crippen LogP contribution in [0.2, 0.25) is 5.02 Å². The fourth-order valence-corrected chi connectivity index (χ4v) is 6.15. The molecular formula is C31H23ClF5N7O3S. The Kier molecular flexibility index (Phi) is 8.65. The maximum Gasteiger partial charge on any atom is 0.267 e. The summed E-state index contributed by atoms with van der Waals surface area (Å²) < 4.78 is 98.7. The maximum absolute atomic E-state index is 14.6. The van der Waals surface area contributed by atoms with Gasteiger partial charge in [-0.05, 0) is 60.5 Å². The first kappa shape index (κ1) is 33.0. The number of anilines is 1. The average molecular weight is 704 g/mol. The molecule has 0 radical (unpaired) electrons. The van der Waals surface area contributed by atoms with Crippen molar-refractivity contribution in [2.24, 2.45) is 5.73 Å². The molecule has 48 heavy (non-hydrogen) atoms. The van der Waals surface area contributed by atoms with Crippen molar-refractivity contribution in [1.29, 1.82) is 0 Å². The van der Waals surface area contributed by atoms with Crippen molar-refractivity contribution in [3.63, 3.8) is 0 Å². The summed E-state index contributed by atoms with van der Waals surface area (Å²) in [5, 5.41) is 3.76. The second-order valence-corrected chi connectivity index (χ2v) is 13.0. The van der Waals surface area contributed by atoms with Crippen LogP contribution in [0.5, 0.6) is 0 Å². The molecule has 3 N–H and O–H groups in total. The molecule has 0 fully saturated rings. The van der Waals surface area contributed by atoms with E-state index in [0.29, 0.717) is 6.07 Å². The van der Waals surface area contributed by atoms with Crippen LogP contribution in [0.3, 0.4) is 0 Å². The number of alkyl halides is 2. The predicted octanol–water partition coefficient (Wildman–Crippen LogP) is 5.75. The Hall–Kier alpha value is -4.93. The highest BCUT2D eigenvalue weighted by atomic mass is 35.5. The van der Waals surface area contributed by atoms with Gasteiger partial charge in [0.2, 0.25) is 10.0 Å². The third kappa shape index (κ3) is 6.46. The van der Waals surface area contributed by atoms with E-state index in [-0.39, 0.29) is 67.5 Å². The summed E-state index contributed by atoms with van der Waals surface area (Å²) in [5.41, 5.74) is 5.70. The zero-order valence-electron chi connectivity index (χ0n) is 24.6. The van der Waals surface area contributed by atoms with Gasteiger partial charge in [0, 0.05) is 11.6 Å². The Balaban J connectivity index is 1.66. The molecule has 0 saturated carbocycles. The fraction of sp³-hybridized carbons (Fsp3) is 0.161. The van der Waals surface area contributed by atoms with Crippen LogP contribution >= 0.6 is 11.6 Å². The van der Waals surface area contributed by atoms with Gasteiger partial charge in [0.05, 0.1) is 45.0 Å². The van der Waals surface area contributed by atoms with Gasteiger partial charge in [0.1, 0.15) is 29.8 Å². The lowest BCUT2D eigenvalue weighted by molar-refractivity contribution is 0.123. The van der Waals surface area contributed by atoms with Crippen LogP contribution in [0.4, 0.5) is 27.8 Å². The van der Waals surface area contributed by atoms with Gasteiger partial charge in [-0.1, -0.05) is 23.7 Å². The molecule has 0 spiro atoms. The first-order chi connectivity index (χ1) is 22.7. The van der Waals surface area contributed by atoms with Gasteiger partial charge in [-0.15, -0.1) is 0 Å². The monoisotopic (exact) mass is 703 g/mol. The number of hydrogen-bond donors (Lipinski definition) is 2. The molecule has 10 nitrogen and oxygen atoms in total. The van der Waals surface area contributed by atoms with Crippen LogP contribution < -0.4 is 16.0 Å². The van der Waals surface area contributed by atoms with Crippen LogP contribution in [0, 0.1) is 17.5 Å². The lowest BCUT2D eigenvalue weighted by atomic mass is 10.0. The molecule has 6 aromatic rings. The second-order valence-electron chi connectivity index (χ2n) is 10.8. The highest BCUT2D eigenvalue weighted by Gasteiger charge is 2.27. The second kappa shape index (κ2) is 12.6. The van der Waals surface area contributed by atoms with E-state index in [0.717, 1.165) is 27.6 Å². The van der Waals surface area contributed by atoms with Crippen molar-refractivity contribution in [1.82, 2.24) is 24.3 Å². The van der Waals surface area contributed by atoms with E-state index in [1.54, 1.807) is 6.07 Å². The van der Waals surface area contributed by atoms with Gasteiger partial charge < -0.3 is 5.73 Å². The topological polar surface area (TPSA) is 138 Å². The van der Waals surface area contributed by atoms with Gasteiger partial charge in [0.15, 0.2) is 11.5 Å². The Morgan fingerprint density at radius 3 is 2.35 bits per heavy atom. The van der Waals surface area contributed by atoms with E-state index in [1.807, 2.05) is 0 Å². The molecule has 1 unspecified atom stereocenters. The molecule has 1 atom stereocenters. The number of benzene rings is 3. The number of hydrogen-bond acceptors (Lipinski definition) is 7. The number of nitrogens with one attached hydrogen (secondary N) is 1. The van der Waals surface area contributed by atoms with E-state index >= 15 is 0 Å². The molecule has 3 aromatic carbocycles. The molecule has 17 heteroatoms. The van der Waals surface area contributed by atoms with Crippen molar-refractivity contribution >= 4 is 49.4 Å². The molecule has 0 aliphatic rings. The van der Waals surface area contributed by atoms with E-state index < -0.39 is 52.0 Å². The summed E-state index contributed by atoms with van der Waals surface area (Å²) in [6, 6.07) is 12.6. The first-order valence-electron chi connectivity index (χ1n) is 14.0. The van der Waals surface area contributed by atoms with Crippen LogP contribution in [0.25, 0.3) is 38.9 Å². The minimum absolute atomic E-state index is 0.0830. The Bertz CT molecular complexity index is 2380. The summed E-state index contributed by atoms with van der Waals surface area (Å²) in [4.78, 5) is 23.3. The summed E-state index contributed by atoms with van der Waals surface area (Å²) in [5.74, 6) is -2.94. The summed E-state index contributed by atoms with van der Waals surface area (Å²) in [7, 11) is -3.98. The SMILES string of the molecule is CS(=O)(=O)Nc1nn(CC(F)F)c2c(-n3c(C(N)Cc4cc(F)cc(F)c4)nc4nc(-c5ccccc5F)ccc4c3=O)ccc(Cl)c12. The number of nitrogens with zero attached hydrogens (tertiary/aromatic N) is 5. The van der Waals surface area contributed by atoms with Crippen LogP contribution in [0.15, 0.2) is 71.5 Å². The normalized spacial score (nSPS) is 12.7. The van der Waals surface area contributed by atoms with Gasteiger partial charge in [-0.25, -0.2) is 40.3 Å². The van der Waals surface area contributed by atoms with Crippen LogP contribution in [-0.4, -0.2) is 45.4 Å². The van der Waals surface area contributed by atoms with E-state index in [1.165, 1.54) is 42.5 Å². The number of rotatable bonds is 9. The summed E-state index contributed by atoms with van der Waals surface area (Å²) in [6.45, 7) is -1.03. The molecule has 6 rings (SSSR count). The zero-order chi connectivity index (χ0) is 34.5. The van der Waals surface area contributed by atoms with E-state index in [9.17, 15) is 35.2 Å². The summed E-state index contributed by atoms with van der Waals surface area (Å²) in [6.07, 6.45) is -2.40. The average Bonchev–Trinajstić information content (AvgIpc) is 3.33. The summed E-state index contributed by atoms with van der Waals surface area (Å²) >= 11 is 6.45. The van der Waals surface area contributed by atoms with Crippen molar-refractivity contribution in [3.05, 3.63) is 111 Å². The lowest BCUT2D eigenvalue weighted by Gasteiger charge is -2.20. The van der Waals surface area contributed by atoms with Crippen molar-refractivity contribution < 1.29 is 30.4 Å². The van der Waals surface area contributed by atoms with Gasteiger partial charge in [0.25, 0.3) is 12.0 Å². The molecule has 0 saturated heterocycles. The number of sulfonamides is 1. The number of nitrogens with two attached hydrogens (primary N) is 1. The fourth-order valence-electron chi connectivity index (χ4n) is 5.41. The zero-order valence-corrected chi connectivity index (χ0v) is 26.2. The number of pyridine rings is 1. The Morgan fingerprint density at radius 2 is 1.69 bits per heavy atom. The van der Waals surface area contributed by atoms with E-state index in [4.69, 9.17) is 17.3 Å². The number of fused-ring (bicyclic) bond motifs is 2. The van der Waals surface area contributed by atoms with Gasteiger partial charge in [-0.3, -0.25) is 18.8 Å². The molecule has 0 aliphatic heterocycles. The molecule has 248 valence electrons. The predicted molar refractivity (Wildman–Crippen MR) is 170 cm³/mol. The smallest absolute Gasteiger partial charge is 0.267 e. The van der Waals surface area contributed by atoms with Crippen LogP contribution in [0.1, 0.15) is 17.4 Å². The maximum atomic E-state index is 14.6. The highest BCUT2D eigenvalue weighted by Crippen LogP contribution is 2.36. The standard InChI is InChI=1S/C31H23ClF5N7O3S/c1-48(46,47)42-29-26-20(32)7-9-24(27(26)43(41-29)14-25(36)37)44-30(22(38)12-15-10-16(33)13-17(34)11-15)40-28-19(31(44)45)6-8-23(39-28)18-4-2-3-5-21(18)35/h2-11,13,22,25H,12,14,38H2,1H3,(H,41,42). The highest BCUT2D eigenvalue weighted by molar-refractivity contribution is 7.92. The third-order valence-electron chi connectivity index (χ3n) is 7.27. The van der Waals surface area contributed by atoms with Crippen molar-refractivity contribution in [3.8, 4) is 16.9 Å². The minimum Gasteiger partial charge on any atom is -0.321 e. The number of aromatic nitrogens is 5. The molecule has 0 amide bonds. The minimum atomic E-state index is -3.98. The van der Waals surface area contributed by atoms with Crippen molar-refractivity contribution in [2.75, 3.05) is 11.0 Å². The van der Waals surface area contributed by atoms with Gasteiger partial charge in [-0.2, -0.15) is 5.10 Å². The Labute approximate surface area is 273 Å². The molecular weight excluding hydrogens is 681 g/mol. The van der Waals surface area contributed by atoms with Crippen LogP contribution in [-0.2, 0) is 23.0 Å². The molecule has 0 aliphatic carbocycles. The van der Waals surface area contributed by atoms with E-state index in [2.05, 4.69) is 19.8 Å². The van der Waals surface area contributed by atoms with Crippen molar-refractivity contribution in [2.45, 2.75) is 25.4 Å². The third-order valence-corrected chi connectivity index (χ3v) is 8.15. The number of halogens is 6. The molecule has 0 bridgehead atoms. The Morgan fingerprint density at radius 1 is 0.979 bits per heavy atom. The van der Waals surface area contributed by atoms with Gasteiger partial charge >= 0.3 is 0 Å². The molecule has 3 heterocycles. The lowest BCUT2D eigenvalue weighted by Crippen LogP contribution is -2.30. The first-order valence-corrected chi connectivity index (χ1v) is 16.3. The molecule has 3 aromatic heterocycles.